The summed E-state index contributed by atoms with van der Waals surface area (Å²) in [4.78, 5) is 33.7. The number of ketones is 1. The molecule has 2 heterocycles. The molecule has 0 unspecified atom stereocenters. The van der Waals surface area contributed by atoms with Crippen molar-refractivity contribution in [2.24, 2.45) is 0 Å². The van der Waals surface area contributed by atoms with E-state index in [1.807, 2.05) is 44.2 Å². The van der Waals surface area contributed by atoms with Crippen molar-refractivity contribution in [3.63, 3.8) is 0 Å². The van der Waals surface area contributed by atoms with E-state index in [1.54, 1.807) is 0 Å². The Kier molecular flexibility index (Phi) is 4.97. The molecule has 3 aromatic rings. The monoisotopic (exact) mass is 352 g/mol. The van der Waals surface area contributed by atoms with Crippen molar-refractivity contribution in [2.45, 2.75) is 20.8 Å². The number of nitrogens with one attached hydrogen (secondary N) is 4. The number of hydrogen-bond donors (Lipinski definition) is 3. The maximum Gasteiger partial charge on any atom is 0.287 e. The van der Waals surface area contributed by atoms with Crippen molar-refractivity contribution in [1.82, 2.24) is 15.3 Å². The van der Waals surface area contributed by atoms with Crippen LogP contribution >= 0.6 is 0 Å². The van der Waals surface area contributed by atoms with Gasteiger partial charge in [0.15, 0.2) is 0 Å². The maximum atomic E-state index is 11.4. The van der Waals surface area contributed by atoms with Gasteiger partial charge in [-0.15, -0.1) is 0 Å². The molecule has 0 aliphatic heterocycles. The van der Waals surface area contributed by atoms with Gasteiger partial charge in [-0.05, 0) is 31.5 Å². The summed E-state index contributed by atoms with van der Waals surface area (Å²) in [6.45, 7) is 6.12. The molecule has 1 aromatic carbocycles. The topological polar surface area (TPSA) is 101 Å². The van der Waals surface area contributed by atoms with Gasteiger partial charge in [-0.2, -0.15) is 0 Å². The molecule has 7 nitrogen and oxygen atoms in total. The van der Waals surface area contributed by atoms with Crippen LogP contribution in [0.2, 0.25) is 0 Å². The van der Waals surface area contributed by atoms with Crippen molar-refractivity contribution < 1.29 is 14.6 Å². The van der Waals surface area contributed by atoms with Gasteiger partial charge in [-0.3, -0.25) is 9.59 Å². The Morgan fingerprint density at radius 1 is 1.15 bits per heavy atom. The minimum Gasteiger partial charge on any atom is -0.346 e. The number of carbonyl (C=O) groups is 2. The van der Waals surface area contributed by atoms with Crippen LogP contribution in [-0.2, 0) is 9.59 Å². The van der Waals surface area contributed by atoms with Gasteiger partial charge in [0, 0.05) is 19.2 Å². The van der Waals surface area contributed by atoms with Crippen molar-refractivity contribution in [3.05, 3.63) is 41.6 Å². The highest BCUT2D eigenvalue weighted by Gasteiger charge is 2.20. The third-order valence-electron chi connectivity index (χ3n) is 4.28. The van der Waals surface area contributed by atoms with Crippen LogP contribution in [0.3, 0.4) is 0 Å². The lowest BCUT2D eigenvalue weighted by atomic mass is 10.2. The van der Waals surface area contributed by atoms with Crippen LogP contribution < -0.4 is 15.6 Å². The fourth-order valence-electron chi connectivity index (χ4n) is 2.76. The number of rotatable bonds is 6. The normalized spacial score (nSPS) is 10.7. The summed E-state index contributed by atoms with van der Waals surface area (Å²) in [5, 5.41) is 6.87. The number of carbonyl (C=O) groups excluding carboxylic acids is 2. The number of aromatic nitrogens is 3. The fourth-order valence-corrected chi connectivity index (χ4v) is 2.76. The summed E-state index contributed by atoms with van der Waals surface area (Å²) in [6, 6.07) is 9.87. The van der Waals surface area contributed by atoms with Crippen LogP contribution in [0.4, 0.5) is 5.82 Å². The highest BCUT2D eigenvalue weighted by molar-refractivity contribution is 6.35. The van der Waals surface area contributed by atoms with Crippen LogP contribution in [0.1, 0.15) is 18.2 Å². The van der Waals surface area contributed by atoms with E-state index in [-0.39, 0.29) is 0 Å². The third-order valence-corrected chi connectivity index (χ3v) is 4.28. The van der Waals surface area contributed by atoms with E-state index < -0.39 is 11.7 Å². The van der Waals surface area contributed by atoms with Crippen molar-refractivity contribution >= 4 is 28.5 Å². The van der Waals surface area contributed by atoms with E-state index in [0.717, 1.165) is 39.5 Å². The second kappa shape index (κ2) is 7.35. The molecule has 0 fully saturated rings. The zero-order valence-corrected chi connectivity index (χ0v) is 15.1. The van der Waals surface area contributed by atoms with Gasteiger partial charge in [-0.25, -0.2) is 4.98 Å². The third kappa shape index (κ3) is 3.56. The molecule has 7 heteroatoms. The molecule has 0 spiro atoms. The summed E-state index contributed by atoms with van der Waals surface area (Å²) in [5.74, 6) is 0.503. The molecule has 0 saturated heterocycles. The minimum absolute atomic E-state index is 0.346. The van der Waals surface area contributed by atoms with E-state index in [4.69, 9.17) is 4.98 Å². The summed E-state index contributed by atoms with van der Waals surface area (Å²) in [7, 11) is 0. The molecule has 26 heavy (non-hydrogen) atoms. The van der Waals surface area contributed by atoms with Crippen molar-refractivity contribution in [3.8, 4) is 11.4 Å². The highest BCUT2D eigenvalue weighted by Crippen LogP contribution is 2.26. The average Bonchev–Trinajstić information content (AvgIpc) is 2.93. The number of H-pyrrole nitrogens is 2. The van der Waals surface area contributed by atoms with Gasteiger partial charge < -0.3 is 15.6 Å². The molecule has 0 aliphatic rings. The van der Waals surface area contributed by atoms with Crippen LogP contribution in [-0.4, -0.2) is 34.7 Å². The number of nitrogens with zero attached hydrogens (tertiary/aromatic N) is 1. The number of hydrogen-bond acceptors (Lipinski definition) is 4. The maximum absolute atomic E-state index is 11.4. The number of Topliss-reactive ketones (excluding diaryl/α,β-unsaturated/α-hetero) is 1. The summed E-state index contributed by atoms with van der Waals surface area (Å²) >= 11 is 0. The second-order valence-electron chi connectivity index (χ2n) is 6.16. The van der Waals surface area contributed by atoms with Gasteiger partial charge in [0.1, 0.15) is 5.39 Å². The Hall–Kier alpha value is -3.22. The van der Waals surface area contributed by atoms with Gasteiger partial charge in [0.25, 0.3) is 11.7 Å². The first-order valence-electron chi connectivity index (χ1n) is 8.47. The van der Waals surface area contributed by atoms with Crippen LogP contribution in [0.25, 0.3) is 22.4 Å². The minimum atomic E-state index is -0.575. The number of aromatic amines is 2. The first kappa shape index (κ1) is 17.6. The Bertz CT molecular complexity index is 963. The van der Waals surface area contributed by atoms with Gasteiger partial charge >= 0.3 is 0 Å². The number of aryl methyl sites for hydroxylation is 2. The number of anilines is 1. The van der Waals surface area contributed by atoms with Crippen LogP contribution in [0.15, 0.2) is 30.3 Å². The van der Waals surface area contributed by atoms with E-state index in [2.05, 4.69) is 20.6 Å². The van der Waals surface area contributed by atoms with Gasteiger partial charge in [-0.1, -0.05) is 23.2 Å². The lowest BCUT2D eigenvalue weighted by Gasteiger charge is -2.05. The quantitative estimate of drug-likeness (QED) is 0.465. The molecule has 0 bridgehead atoms. The van der Waals surface area contributed by atoms with Crippen molar-refractivity contribution in [2.75, 3.05) is 18.4 Å². The predicted molar refractivity (Wildman–Crippen MR) is 99.7 cm³/mol. The van der Waals surface area contributed by atoms with E-state index in [0.29, 0.717) is 13.1 Å². The van der Waals surface area contributed by atoms with E-state index in [1.165, 1.54) is 6.92 Å². The van der Waals surface area contributed by atoms with E-state index in [9.17, 15) is 9.59 Å². The lowest BCUT2D eigenvalue weighted by Crippen LogP contribution is -2.33. The molecule has 1 amide bonds. The SMILES string of the molecule is CC(=O)C(=O)NCCNc1[nH+]c(-c2ccccc2)nc2[nH]c(C)c(C)c12. The number of fused-ring (bicyclic) bond motifs is 1. The Labute approximate surface area is 151 Å². The predicted octanol–water partition coefficient (Wildman–Crippen LogP) is 1.78. The fraction of sp³-hybridized carbons (Fsp3) is 0.263. The van der Waals surface area contributed by atoms with Gasteiger partial charge in [0.05, 0.1) is 12.1 Å². The Morgan fingerprint density at radius 3 is 2.58 bits per heavy atom. The van der Waals surface area contributed by atoms with Crippen LogP contribution in [0, 0.1) is 13.8 Å². The first-order chi connectivity index (χ1) is 12.5. The summed E-state index contributed by atoms with van der Waals surface area (Å²) in [5.41, 5.74) is 3.94. The average molecular weight is 352 g/mol. The molecule has 3 rings (SSSR count). The zero-order valence-electron chi connectivity index (χ0n) is 15.1. The van der Waals surface area contributed by atoms with Crippen molar-refractivity contribution in [1.29, 1.82) is 0 Å². The largest absolute Gasteiger partial charge is 0.346 e. The highest BCUT2D eigenvalue weighted by atomic mass is 16.2. The number of benzene rings is 1. The zero-order chi connectivity index (χ0) is 18.7. The smallest absolute Gasteiger partial charge is 0.287 e. The Morgan fingerprint density at radius 2 is 1.88 bits per heavy atom. The molecule has 4 N–H and O–H groups in total. The van der Waals surface area contributed by atoms with Gasteiger partial charge in [0.2, 0.25) is 17.2 Å². The van der Waals surface area contributed by atoms with E-state index >= 15 is 0 Å². The molecular formula is C19H22N5O2+. The molecular weight excluding hydrogens is 330 g/mol. The molecule has 134 valence electrons. The molecule has 0 saturated carbocycles. The first-order valence-corrected chi connectivity index (χ1v) is 8.47. The Balaban J connectivity index is 1.89. The summed E-state index contributed by atoms with van der Waals surface area (Å²) < 4.78 is 0. The molecule has 0 aliphatic carbocycles. The second-order valence-corrected chi connectivity index (χ2v) is 6.16. The molecule has 2 aromatic heterocycles. The number of amides is 1. The summed E-state index contributed by atoms with van der Waals surface area (Å²) in [6.07, 6.45) is 0. The standard InChI is InChI=1S/C19H21N5O2/c1-11-12(2)22-18-15(11)17(20-9-10-21-19(26)13(3)25)23-16(24-18)14-7-5-4-6-8-14/h4-8H,9-10H2,1-3H3,(H,21,26)(H2,20,22,23,24)/p+1. The van der Waals surface area contributed by atoms with Crippen LogP contribution in [0.5, 0.6) is 0 Å². The lowest BCUT2D eigenvalue weighted by molar-refractivity contribution is -0.350. The molecule has 0 radical (unpaired) electrons. The molecule has 0 atom stereocenters.